The average molecular weight is 192 g/mol. The molecule has 0 saturated heterocycles. The summed E-state index contributed by atoms with van der Waals surface area (Å²) < 4.78 is 1.78. The van der Waals surface area contributed by atoms with E-state index in [0.717, 1.165) is 12.2 Å². The highest BCUT2D eigenvalue weighted by Gasteiger charge is 2.22. The first-order valence-electron chi connectivity index (χ1n) is 5.36. The van der Waals surface area contributed by atoms with Crippen molar-refractivity contribution in [1.82, 2.24) is 9.78 Å². The average Bonchev–Trinajstić information content (AvgIpc) is 2.58. The van der Waals surface area contributed by atoms with Gasteiger partial charge in [-0.1, -0.05) is 19.3 Å². The van der Waals surface area contributed by atoms with Crippen LogP contribution in [0.2, 0.25) is 0 Å². The molecule has 0 atom stereocenters. The van der Waals surface area contributed by atoms with Crippen molar-refractivity contribution in [2.24, 2.45) is 5.92 Å². The summed E-state index contributed by atoms with van der Waals surface area (Å²) in [6.07, 6.45) is 6.17. The predicted octanol–water partition coefficient (Wildman–Crippen LogP) is 2.28. The molecule has 1 aromatic heterocycles. The molecule has 3 nitrogen and oxygen atoms in total. The topological polar surface area (TPSA) is 34.9 Å². The molecule has 1 aliphatic carbocycles. The monoisotopic (exact) mass is 192 g/mol. The lowest BCUT2D eigenvalue weighted by Gasteiger charge is -2.24. The molecule has 0 aliphatic heterocycles. The van der Waals surface area contributed by atoms with Crippen LogP contribution in [-0.4, -0.2) is 15.6 Å². The molecule has 2 rings (SSSR count). The Morgan fingerprint density at radius 1 is 1.64 bits per heavy atom. The molecular weight excluding hydrogens is 176 g/mol. The summed E-state index contributed by atoms with van der Waals surface area (Å²) in [5, 5.41) is 4.10. The van der Waals surface area contributed by atoms with E-state index in [1.165, 1.54) is 19.3 Å². The second-order valence-corrected chi connectivity index (χ2v) is 3.96. The summed E-state index contributed by atoms with van der Waals surface area (Å²) in [4.78, 5) is 11.8. The second-order valence-electron chi connectivity index (χ2n) is 3.96. The van der Waals surface area contributed by atoms with Crippen LogP contribution in [0.15, 0.2) is 12.3 Å². The van der Waals surface area contributed by atoms with Gasteiger partial charge in [-0.25, -0.2) is 0 Å². The summed E-state index contributed by atoms with van der Waals surface area (Å²) in [5.74, 6) is 0.900. The summed E-state index contributed by atoms with van der Waals surface area (Å²) in [7, 11) is 0. The van der Waals surface area contributed by atoms with Gasteiger partial charge in [0.1, 0.15) is 5.69 Å². The SMILES string of the molecule is CCn1nccc1C(=O)CC1CCC1. The zero-order chi connectivity index (χ0) is 9.97. The van der Waals surface area contributed by atoms with Crippen molar-refractivity contribution >= 4 is 5.78 Å². The maximum atomic E-state index is 11.8. The van der Waals surface area contributed by atoms with Crippen molar-refractivity contribution in [3.63, 3.8) is 0 Å². The Labute approximate surface area is 84.1 Å². The van der Waals surface area contributed by atoms with Crippen LogP contribution in [0, 0.1) is 5.92 Å². The van der Waals surface area contributed by atoms with Crippen LogP contribution in [0.25, 0.3) is 0 Å². The van der Waals surface area contributed by atoms with Gasteiger partial charge in [-0.05, 0) is 18.9 Å². The minimum Gasteiger partial charge on any atom is -0.292 e. The van der Waals surface area contributed by atoms with E-state index in [-0.39, 0.29) is 5.78 Å². The van der Waals surface area contributed by atoms with Crippen molar-refractivity contribution in [3.05, 3.63) is 18.0 Å². The van der Waals surface area contributed by atoms with Crippen molar-refractivity contribution in [2.45, 2.75) is 39.2 Å². The van der Waals surface area contributed by atoms with Crippen LogP contribution in [0.1, 0.15) is 43.1 Å². The smallest absolute Gasteiger partial charge is 0.181 e. The maximum absolute atomic E-state index is 11.8. The highest BCUT2D eigenvalue weighted by Crippen LogP contribution is 2.30. The number of nitrogens with zero attached hydrogens (tertiary/aromatic N) is 2. The fourth-order valence-electron chi connectivity index (χ4n) is 1.89. The zero-order valence-electron chi connectivity index (χ0n) is 8.57. The molecule has 0 spiro atoms. The van der Waals surface area contributed by atoms with Crippen LogP contribution < -0.4 is 0 Å². The molecule has 0 amide bonds. The van der Waals surface area contributed by atoms with E-state index in [1.54, 1.807) is 10.9 Å². The third kappa shape index (κ3) is 1.72. The standard InChI is InChI=1S/C11H16N2O/c1-2-13-10(6-7-12-13)11(14)8-9-4-3-5-9/h6-7,9H,2-5,8H2,1H3. The van der Waals surface area contributed by atoms with Crippen LogP contribution in [0.3, 0.4) is 0 Å². The number of hydrogen-bond acceptors (Lipinski definition) is 2. The number of hydrogen-bond donors (Lipinski definition) is 0. The number of carbonyl (C=O) groups excluding carboxylic acids is 1. The van der Waals surface area contributed by atoms with Crippen molar-refractivity contribution in [1.29, 1.82) is 0 Å². The normalized spacial score (nSPS) is 16.6. The van der Waals surface area contributed by atoms with E-state index in [9.17, 15) is 4.79 Å². The summed E-state index contributed by atoms with van der Waals surface area (Å²) in [6, 6.07) is 1.82. The van der Waals surface area contributed by atoms with Crippen molar-refractivity contribution in [2.75, 3.05) is 0 Å². The minimum absolute atomic E-state index is 0.258. The molecule has 76 valence electrons. The third-order valence-electron chi connectivity index (χ3n) is 3.00. The lowest BCUT2D eigenvalue weighted by atomic mass is 9.81. The van der Waals surface area contributed by atoms with Gasteiger partial charge in [0.15, 0.2) is 5.78 Å². The molecule has 1 aromatic rings. The molecule has 0 aromatic carbocycles. The highest BCUT2D eigenvalue weighted by molar-refractivity contribution is 5.94. The minimum atomic E-state index is 0.258. The second kappa shape index (κ2) is 3.95. The first-order valence-corrected chi connectivity index (χ1v) is 5.36. The van der Waals surface area contributed by atoms with Gasteiger partial charge >= 0.3 is 0 Å². The van der Waals surface area contributed by atoms with Gasteiger partial charge in [0.05, 0.1) is 0 Å². The number of carbonyl (C=O) groups is 1. The first kappa shape index (κ1) is 9.44. The fraction of sp³-hybridized carbons (Fsp3) is 0.636. The molecule has 0 N–H and O–H groups in total. The largest absolute Gasteiger partial charge is 0.292 e. The van der Waals surface area contributed by atoms with Gasteiger partial charge < -0.3 is 0 Å². The Hall–Kier alpha value is -1.12. The van der Waals surface area contributed by atoms with E-state index in [0.29, 0.717) is 12.3 Å². The van der Waals surface area contributed by atoms with Gasteiger partial charge in [-0.3, -0.25) is 9.48 Å². The Bertz CT molecular complexity index is 326. The number of aryl methyl sites for hydroxylation is 1. The molecule has 1 aliphatic rings. The molecule has 0 bridgehead atoms. The van der Waals surface area contributed by atoms with E-state index >= 15 is 0 Å². The number of aromatic nitrogens is 2. The van der Waals surface area contributed by atoms with Crippen molar-refractivity contribution in [3.8, 4) is 0 Å². The lowest BCUT2D eigenvalue weighted by Crippen LogP contribution is -2.18. The van der Waals surface area contributed by atoms with Crippen LogP contribution in [0.4, 0.5) is 0 Å². The van der Waals surface area contributed by atoms with Crippen LogP contribution >= 0.6 is 0 Å². The molecule has 0 radical (unpaired) electrons. The van der Waals surface area contributed by atoms with Crippen LogP contribution in [0.5, 0.6) is 0 Å². The van der Waals surface area contributed by atoms with E-state index in [2.05, 4.69) is 5.10 Å². The Kier molecular flexibility index (Phi) is 2.66. The van der Waals surface area contributed by atoms with Gasteiger partial charge in [0.25, 0.3) is 0 Å². The van der Waals surface area contributed by atoms with E-state index in [1.807, 2.05) is 13.0 Å². The van der Waals surface area contributed by atoms with Gasteiger partial charge in [-0.2, -0.15) is 5.10 Å². The third-order valence-corrected chi connectivity index (χ3v) is 3.00. The highest BCUT2D eigenvalue weighted by atomic mass is 16.1. The molecule has 1 fully saturated rings. The summed E-state index contributed by atoms with van der Waals surface area (Å²) in [6.45, 7) is 2.78. The van der Waals surface area contributed by atoms with Gasteiger partial charge in [-0.15, -0.1) is 0 Å². The van der Waals surface area contributed by atoms with E-state index < -0.39 is 0 Å². The molecule has 3 heteroatoms. The molecule has 14 heavy (non-hydrogen) atoms. The maximum Gasteiger partial charge on any atom is 0.181 e. The van der Waals surface area contributed by atoms with Gasteiger partial charge in [0, 0.05) is 19.2 Å². The zero-order valence-corrected chi connectivity index (χ0v) is 8.57. The Morgan fingerprint density at radius 3 is 3.00 bits per heavy atom. The lowest BCUT2D eigenvalue weighted by molar-refractivity contribution is 0.0926. The van der Waals surface area contributed by atoms with E-state index in [4.69, 9.17) is 0 Å². The van der Waals surface area contributed by atoms with Crippen LogP contribution in [-0.2, 0) is 6.54 Å². The fourth-order valence-corrected chi connectivity index (χ4v) is 1.89. The number of Topliss-reactive ketones (excluding diaryl/α,β-unsaturated/α-hetero) is 1. The summed E-state index contributed by atoms with van der Waals surface area (Å²) in [5.41, 5.74) is 0.777. The Morgan fingerprint density at radius 2 is 2.43 bits per heavy atom. The molecule has 1 heterocycles. The molecule has 1 saturated carbocycles. The number of rotatable bonds is 4. The Balaban J connectivity index is 2.02. The molecule has 0 unspecified atom stereocenters. The predicted molar refractivity (Wildman–Crippen MR) is 54.2 cm³/mol. The summed E-state index contributed by atoms with van der Waals surface area (Å²) >= 11 is 0. The van der Waals surface area contributed by atoms with Gasteiger partial charge in [0.2, 0.25) is 0 Å². The quantitative estimate of drug-likeness (QED) is 0.686. The van der Waals surface area contributed by atoms with Crippen molar-refractivity contribution < 1.29 is 4.79 Å². The molecular formula is C11H16N2O. The number of ketones is 1. The first-order chi connectivity index (χ1) is 6.81.